The van der Waals surface area contributed by atoms with Gasteiger partial charge in [-0.3, -0.25) is 0 Å². The lowest BCUT2D eigenvalue weighted by molar-refractivity contribution is 0.184. The van der Waals surface area contributed by atoms with Crippen LogP contribution in [0, 0.1) is 0 Å². The second-order valence-corrected chi connectivity index (χ2v) is 4.31. The van der Waals surface area contributed by atoms with Gasteiger partial charge in [-0.2, -0.15) is 4.98 Å². The highest BCUT2D eigenvalue weighted by Gasteiger charge is 2.13. The zero-order chi connectivity index (χ0) is 13.5. The third kappa shape index (κ3) is 4.03. The Labute approximate surface area is 108 Å². The van der Waals surface area contributed by atoms with Gasteiger partial charge in [0, 0.05) is 7.11 Å². The second-order valence-electron chi connectivity index (χ2n) is 4.31. The summed E-state index contributed by atoms with van der Waals surface area (Å²) in [5.41, 5.74) is 6.41. The zero-order valence-corrected chi connectivity index (χ0v) is 11.4. The summed E-state index contributed by atoms with van der Waals surface area (Å²) in [5, 5.41) is 3.23. The highest BCUT2D eigenvalue weighted by molar-refractivity contribution is 5.66. The molecular weight excluding hydrogens is 232 g/mol. The molecule has 1 rings (SSSR count). The van der Waals surface area contributed by atoms with Crippen LogP contribution in [-0.2, 0) is 4.74 Å². The van der Waals surface area contributed by atoms with Crippen LogP contribution in [0.3, 0.4) is 0 Å². The monoisotopic (exact) mass is 254 g/mol. The number of nitrogens with one attached hydrogen (secondary N) is 1. The summed E-state index contributed by atoms with van der Waals surface area (Å²) in [6.07, 6.45) is 2.38. The van der Waals surface area contributed by atoms with Gasteiger partial charge in [-0.15, -0.1) is 0 Å². The number of anilines is 2. The maximum absolute atomic E-state index is 5.98. The smallest absolute Gasteiger partial charge is 0.242 e. The summed E-state index contributed by atoms with van der Waals surface area (Å²) in [4.78, 5) is 8.16. The Hall–Kier alpha value is -1.56. The van der Waals surface area contributed by atoms with Gasteiger partial charge in [-0.25, -0.2) is 4.98 Å². The van der Waals surface area contributed by atoms with Crippen LogP contribution in [0.15, 0.2) is 6.33 Å². The van der Waals surface area contributed by atoms with Gasteiger partial charge in [-0.1, -0.05) is 6.92 Å². The van der Waals surface area contributed by atoms with Crippen LogP contribution in [-0.4, -0.2) is 35.8 Å². The Kier molecular flexibility index (Phi) is 5.64. The molecule has 0 amide bonds. The van der Waals surface area contributed by atoms with Gasteiger partial charge in [0.25, 0.3) is 0 Å². The van der Waals surface area contributed by atoms with Gasteiger partial charge < -0.3 is 20.5 Å². The van der Waals surface area contributed by atoms with E-state index < -0.39 is 0 Å². The van der Waals surface area contributed by atoms with E-state index in [9.17, 15) is 0 Å². The fourth-order valence-corrected chi connectivity index (χ4v) is 1.47. The van der Waals surface area contributed by atoms with E-state index >= 15 is 0 Å². The Morgan fingerprint density at radius 2 is 2.11 bits per heavy atom. The largest absolute Gasteiger partial charge is 0.473 e. The third-order valence-electron chi connectivity index (χ3n) is 2.40. The van der Waals surface area contributed by atoms with Gasteiger partial charge in [0.05, 0.1) is 18.8 Å². The number of aromatic nitrogens is 2. The first kappa shape index (κ1) is 14.5. The van der Waals surface area contributed by atoms with Gasteiger partial charge in [-0.05, 0) is 20.3 Å². The fraction of sp³-hybridized carbons (Fsp3) is 0.667. The van der Waals surface area contributed by atoms with Crippen LogP contribution in [0.1, 0.15) is 27.2 Å². The molecule has 0 aromatic carbocycles. The molecule has 0 bridgehead atoms. The van der Waals surface area contributed by atoms with Crippen LogP contribution in [0.25, 0.3) is 0 Å². The summed E-state index contributed by atoms with van der Waals surface area (Å²) in [6.45, 7) is 6.52. The van der Waals surface area contributed by atoms with E-state index in [1.54, 1.807) is 7.11 Å². The summed E-state index contributed by atoms with van der Waals surface area (Å²) in [7, 11) is 1.67. The van der Waals surface area contributed by atoms with E-state index in [0.717, 1.165) is 6.42 Å². The third-order valence-corrected chi connectivity index (χ3v) is 2.40. The van der Waals surface area contributed by atoms with Gasteiger partial charge >= 0.3 is 0 Å². The minimum absolute atomic E-state index is 0.0241. The SMILES string of the molecule is CCC(COC)Nc1ncnc(OC(C)C)c1N. The van der Waals surface area contributed by atoms with Crippen molar-refractivity contribution in [2.45, 2.75) is 39.3 Å². The molecule has 102 valence electrons. The Morgan fingerprint density at radius 3 is 2.67 bits per heavy atom. The molecule has 0 aliphatic rings. The predicted octanol–water partition coefficient (Wildman–Crippen LogP) is 1.68. The molecule has 0 fully saturated rings. The van der Waals surface area contributed by atoms with Crippen LogP contribution < -0.4 is 15.8 Å². The molecule has 0 radical (unpaired) electrons. The molecule has 1 heterocycles. The predicted molar refractivity (Wildman–Crippen MR) is 71.8 cm³/mol. The number of hydrogen-bond donors (Lipinski definition) is 2. The summed E-state index contributed by atoms with van der Waals surface area (Å²) in [5.74, 6) is 0.999. The number of rotatable bonds is 7. The Bertz CT molecular complexity index is 371. The number of hydrogen-bond acceptors (Lipinski definition) is 6. The molecule has 0 saturated heterocycles. The Morgan fingerprint density at radius 1 is 1.39 bits per heavy atom. The van der Waals surface area contributed by atoms with Gasteiger partial charge in [0.1, 0.15) is 12.0 Å². The molecular formula is C12H22N4O2. The van der Waals surface area contributed by atoms with Crippen molar-refractivity contribution in [2.75, 3.05) is 24.8 Å². The molecule has 1 unspecified atom stereocenters. The van der Waals surface area contributed by atoms with E-state index in [1.165, 1.54) is 6.33 Å². The number of nitrogens with two attached hydrogens (primary N) is 1. The lowest BCUT2D eigenvalue weighted by Gasteiger charge is -2.19. The number of nitrogen functional groups attached to an aromatic ring is 1. The standard InChI is InChI=1S/C12H22N4O2/c1-5-9(6-17-4)16-11-10(13)12(15-7-14-11)18-8(2)3/h7-9H,5-6,13H2,1-4H3,(H,14,15,16). The maximum Gasteiger partial charge on any atom is 0.242 e. The van der Waals surface area contributed by atoms with Crippen molar-refractivity contribution in [3.05, 3.63) is 6.33 Å². The first-order valence-electron chi connectivity index (χ1n) is 6.11. The molecule has 0 aliphatic carbocycles. The molecule has 1 aromatic heterocycles. The normalized spacial score (nSPS) is 12.5. The molecule has 0 aliphatic heterocycles. The topological polar surface area (TPSA) is 82.3 Å². The van der Waals surface area contributed by atoms with Gasteiger partial charge in [0.15, 0.2) is 5.82 Å². The number of methoxy groups -OCH3 is 1. The van der Waals surface area contributed by atoms with Crippen LogP contribution in [0.2, 0.25) is 0 Å². The van der Waals surface area contributed by atoms with Crippen molar-refractivity contribution in [3.8, 4) is 5.88 Å². The molecule has 0 spiro atoms. The summed E-state index contributed by atoms with van der Waals surface area (Å²) < 4.78 is 10.6. The van der Waals surface area contributed by atoms with Crippen molar-refractivity contribution in [3.63, 3.8) is 0 Å². The number of ether oxygens (including phenoxy) is 2. The first-order valence-corrected chi connectivity index (χ1v) is 6.11. The molecule has 18 heavy (non-hydrogen) atoms. The highest BCUT2D eigenvalue weighted by atomic mass is 16.5. The van der Waals surface area contributed by atoms with E-state index in [2.05, 4.69) is 22.2 Å². The Balaban J connectivity index is 2.82. The van der Waals surface area contributed by atoms with Crippen molar-refractivity contribution in [1.29, 1.82) is 0 Å². The van der Waals surface area contributed by atoms with Gasteiger partial charge in [0.2, 0.25) is 5.88 Å². The number of nitrogens with zero attached hydrogens (tertiary/aromatic N) is 2. The molecule has 0 saturated carbocycles. The zero-order valence-electron chi connectivity index (χ0n) is 11.4. The van der Waals surface area contributed by atoms with E-state index in [0.29, 0.717) is 24.0 Å². The first-order chi connectivity index (χ1) is 8.58. The second kappa shape index (κ2) is 7.00. The van der Waals surface area contributed by atoms with Crippen molar-refractivity contribution >= 4 is 11.5 Å². The van der Waals surface area contributed by atoms with E-state index in [-0.39, 0.29) is 12.1 Å². The lowest BCUT2D eigenvalue weighted by atomic mass is 10.2. The molecule has 6 nitrogen and oxygen atoms in total. The molecule has 1 aromatic rings. The maximum atomic E-state index is 5.98. The van der Waals surface area contributed by atoms with E-state index in [1.807, 2.05) is 13.8 Å². The van der Waals surface area contributed by atoms with Crippen LogP contribution in [0.5, 0.6) is 5.88 Å². The van der Waals surface area contributed by atoms with E-state index in [4.69, 9.17) is 15.2 Å². The average molecular weight is 254 g/mol. The summed E-state index contributed by atoms with van der Waals surface area (Å²) in [6, 6.07) is 0.166. The lowest BCUT2D eigenvalue weighted by Crippen LogP contribution is -2.25. The van der Waals surface area contributed by atoms with Crippen LogP contribution >= 0.6 is 0 Å². The van der Waals surface area contributed by atoms with Crippen molar-refractivity contribution < 1.29 is 9.47 Å². The molecule has 6 heteroatoms. The minimum Gasteiger partial charge on any atom is -0.473 e. The van der Waals surface area contributed by atoms with Crippen molar-refractivity contribution in [2.24, 2.45) is 0 Å². The molecule has 3 N–H and O–H groups in total. The summed E-state index contributed by atoms with van der Waals surface area (Å²) >= 11 is 0. The van der Waals surface area contributed by atoms with Crippen LogP contribution in [0.4, 0.5) is 11.5 Å². The fourth-order valence-electron chi connectivity index (χ4n) is 1.47. The molecule has 1 atom stereocenters. The average Bonchev–Trinajstić information content (AvgIpc) is 2.32. The van der Waals surface area contributed by atoms with Crippen molar-refractivity contribution in [1.82, 2.24) is 9.97 Å². The minimum atomic E-state index is 0.0241. The highest BCUT2D eigenvalue weighted by Crippen LogP contribution is 2.26. The quantitative estimate of drug-likeness (QED) is 0.770.